The third kappa shape index (κ3) is 5.10. The van der Waals surface area contributed by atoms with Gasteiger partial charge in [0, 0.05) is 25.1 Å². The lowest BCUT2D eigenvalue weighted by atomic mass is 10.0. The summed E-state index contributed by atoms with van der Waals surface area (Å²) >= 11 is 0. The molecule has 23 heavy (non-hydrogen) atoms. The minimum absolute atomic E-state index is 0.0876. The van der Waals surface area contributed by atoms with E-state index in [-0.39, 0.29) is 11.9 Å². The number of carbonyl (C=O) groups excluding carboxylic acids is 1. The van der Waals surface area contributed by atoms with Crippen LogP contribution >= 0.6 is 0 Å². The molecule has 0 aliphatic heterocycles. The van der Waals surface area contributed by atoms with Crippen LogP contribution in [0.2, 0.25) is 0 Å². The molecule has 0 aliphatic rings. The second-order valence-corrected chi connectivity index (χ2v) is 5.31. The molecule has 0 saturated heterocycles. The highest BCUT2D eigenvalue weighted by molar-refractivity contribution is 5.89. The fourth-order valence-electron chi connectivity index (χ4n) is 2.32. The maximum Gasteiger partial charge on any atom is 0.226 e. The first-order valence-electron chi connectivity index (χ1n) is 7.73. The zero-order valence-corrected chi connectivity index (χ0v) is 13.8. The zero-order chi connectivity index (χ0) is 16.7. The van der Waals surface area contributed by atoms with E-state index in [1.54, 1.807) is 20.1 Å². The summed E-state index contributed by atoms with van der Waals surface area (Å²) in [6.07, 6.45) is 1.31. The number of nitrogens with zero attached hydrogens (tertiary/aromatic N) is 1. The van der Waals surface area contributed by atoms with Gasteiger partial charge in [-0.2, -0.15) is 0 Å². The number of hydrogen-bond donors (Lipinski definition) is 2. The summed E-state index contributed by atoms with van der Waals surface area (Å²) in [6, 6.07) is 9.87. The maximum absolute atomic E-state index is 11.9. The minimum Gasteiger partial charge on any atom is -0.497 e. The highest BCUT2D eigenvalue weighted by Gasteiger charge is 2.10. The fourth-order valence-corrected chi connectivity index (χ4v) is 2.32. The normalized spacial score (nSPS) is 12.0. The van der Waals surface area contributed by atoms with Crippen LogP contribution in [0.5, 0.6) is 5.75 Å². The first-order valence-corrected chi connectivity index (χ1v) is 7.73. The largest absolute Gasteiger partial charge is 0.497 e. The Balaban J connectivity index is 1.79. The summed E-state index contributed by atoms with van der Waals surface area (Å²) < 4.78 is 10.1. The van der Waals surface area contributed by atoms with Crippen molar-refractivity contribution < 1.29 is 14.1 Å². The van der Waals surface area contributed by atoms with Gasteiger partial charge in [0.15, 0.2) is 5.82 Å². The minimum atomic E-state index is -0.0876. The van der Waals surface area contributed by atoms with Crippen molar-refractivity contribution in [2.24, 2.45) is 0 Å². The molecule has 2 N–H and O–H groups in total. The second-order valence-electron chi connectivity index (χ2n) is 5.31. The number of nitrogens with one attached hydrogen (secondary N) is 2. The van der Waals surface area contributed by atoms with Crippen LogP contribution in [0.15, 0.2) is 34.9 Å². The number of ether oxygens (including phenoxy) is 1. The molecule has 0 radical (unpaired) electrons. The van der Waals surface area contributed by atoms with Crippen molar-refractivity contribution in [3.8, 4) is 5.75 Å². The first-order chi connectivity index (χ1) is 11.1. The summed E-state index contributed by atoms with van der Waals surface area (Å²) in [4.78, 5) is 11.9. The number of aromatic nitrogens is 1. The highest BCUT2D eigenvalue weighted by atomic mass is 16.5. The van der Waals surface area contributed by atoms with E-state index in [1.807, 2.05) is 24.3 Å². The Hall–Kier alpha value is -2.34. The maximum atomic E-state index is 11.9. The molecular weight excluding hydrogens is 294 g/mol. The molecule has 1 heterocycles. The second kappa shape index (κ2) is 8.33. The third-order valence-corrected chi connectivity index (χ3v) is 3.56. The molecule has 1 aromatic heterocycles. The van der Waals surface area contributed by atoms with Gasteiger partial charge in [-0.15, -0.1) is 0 Å². The molecule has 1 aromatic carbocycles. The standard InChI is InChI=1S/C17H23N3O3/c1-4-15(13-5-7-14(22-3)8-6-13)18-10-9-17(21)19-16-11-12(2)23-20-16/h5-8,11,15,18H,4,9-10H2,1-3H3,(H,19,20,21). The van der Waals surface area contributed by atoms with Crippen LogP contribution in [0, 0.1) is 6.92 Å². The van der Waals surface area contributed by atoms with E-state index in [2.05, 4.69) is 22.7 Å². The Morgan fingerprint density at radius 1 is 1.35 bits per heavy atom. The molecule has 1 unspecified atom stereocenters. The van der Waals surface area contributed by atoms with Crippen LogP contribution in [0.1, 0.15) is 37.1 Å². The van der Waals surface area contributed by atoms with E-state index in [0.29, 0.717) is 24.5 Å². The molecule has 0 spiro atoms. The lowest BCUT2D eigenvalue weighted by Gasteiger charge is -2.17. The van der Waals surface area contributed by atoms with Crippen molar-refractivity contribution in [2.75, 3.05) is 19.0 Å². The molecule has 1 atom stereocenters. The molecule has 0 saturated carbocycles. The highest BCUT2D eigenvalue weighted by Crippen LogP contribution is 2.20. The summed E-state index contributed by atoms with van der Waals surface area (Å²) in [5.41, 5.74) is 1.18. The topological polar surface area (TPSA) is 76.4 Å². The smallest absolute Gasteiger partial charge is 0.226 e. The molecule has 6 nitrogen and oxygen atoms in total. The Morgan fingerprint density at radius 3 is 2.65 bits per heavy atom. The number of carbonyl (C=O) groups is 1. The molecule has 0 aliphatic carbocycles. The number of aryl methyl sites for hydroxylation is 1. The number of benzene rings is 1. The number of rotatable bonds is 8. The number of anilines is 1. The van der Waals surface area contributed by atoms with E-state index in [9.17, 15) is 4.79 Å². The lowest BCUT2D eigenvalue weighted by molar-refractivity contribution is -0.116. The Bertz CT molecular complexity index is 622. The van der Waals surface area contributed by atoms with E-state index < -0.39 is 0 Å². The predicted molar refractivity (Wildman–Crippen MR) is 88.5 cm³/mol. The molecule has 2 rings (SSSR count). The van der Waals surface area contributed by atoms with E-state index in [0.717, 1.165) is 12.2 Å². The molecule has 124 valence electrons. The van der Waals surface area contributed by atoms with Crippen LogP contribution < -0.4 is 15.4 Å². The van der Waals surface area contributed by atoms with Gasteiger partial charge in [-0.3, -0.25) is 4.79 Å². The van der Waals surface area contributed by atoms with Gasteiger partial charge in [0.25, 0.3) is 0 Å². The quantitative estimate of drug-likeness (QED) is 0.782. The summed E-state index contributed by atoms with van der Waals surface area (Å²) in [6.45, 7) is 4.48. The van der Waals surface area contributed by atoms with Gasteiger partial charge in [0.05, 0.1) is 7.11 Å². The average molecular weight is 317 g/mol. The van der Waals surface area contributed by atoms with Gasteiger partial charge in [0.1, 0.15) is 11.5 Å². The van der Waals surface area contributed by atoms with Gasteiger partial charge >= 0.3 is 0 Å². The van der Waals surface area contributed by atoms with E-state index in [1.165, 1.54) is 5.56 Å². The third-order valence-electron chi connectivity index (χ3n) is 3.56. The monoisotopic (exact) mass is 317 g/mol. The van der Waals surface area contributed by atoms with Crippen molar-refractivity contribution in [1.29, 1.82) is 0 Å². The molecule has 2 aromatic rings. The van der Waals surface area contributed by atoms with Crippen molar-refractivity contribution in [2.45, 2.75) is 32.7 Å². The van der Waals surface area contributed by atoms with Crippen molar-refractivity contribution in [1.82, 2.24) is 10.5 Å². The van der Waals surface area contributed by atoms with Gasteiger partial charge in [0.2, 0.25) is 5.91 Å². The summed E-state index contributed by atoms with van der Waals surface area (Å²) in [5.74, 6) is 1.87. The molecular formula is C17H23N3O3. The zero-order valence-electron chi connectivity index (χ0n) is 13.8. The Kier molecular flexibility index (Phi) is 6.17. The SMILES string of the molecule is CCC(NCCC(=O)Nc1cc(C)on1)c1ccc(OC)cc1. The molecule has 0 fully saturated rings. The van der Waals surface area contributed by atoms with E-state index >= 15 is 0 Å². The number of methoxy groups -OCH3 is 1. The van der Waals surface area contributed by atoms with Gasteiger partial charge in [-0.25, -0.2) is 0 Å². The summed E-state index contributed by atoms with van der Waals surface area (Å²) in [5, 5.41) is 9.85. The van der Waals surface area contributed by atoms with Crippen LogP contribution in [-0.4, -0.2) is 24.7 Å². The van der Waals surface area contributed by atoms with Crippen molar-refractivity contribution in [3.63, 3.8) is 0 Å². The number of amides is 1. The van der Waals surface area contributed by atoms with Gasteiger partial charge in [-0.05, 0) is 31.0 Å². The molecule has 0 bridgehead atoms. The van der Waals surface area contributed by atoms with Crippen LogP contribution in [-0.2, 0) is 4.79 Å². The molecule has 6 heteroatoms. The van der Waals surface area contributed by atoms with Crippen LogP contribution in [0.4, 0.5) is 5.82 Å². The molecule has 1 amide bonds. The average Bonchev–Trinajstić information content (AvgIpc) is 2.96. The Labute approximate surface area is 136 Å². The Morgan fingerprint density at radius 2 is 2.09 bits per heavy atom. The van der Waals surface area contributed by atoms with Crippen LogP contribution in [0.25, 0.3) is 0 Å². The van der Waals surface area contributed by atoms with Crippen molar-refractivity contribution >= 4 is 11.7 Å². The fraction of sp³-hybridized carbons (Fsp3) is 0.412. The van der Waals surface area contributed by atoms with Gasteiger partial charge in [-0.1, -0.05) is 24.2 Å². The number of hydrogen-bond acceptors (Lipinski definition) is 5. The van der Waals surface area contributed by atoms with Crippen molar-refractivity contribution in [3.05, 3.63) is 41.7 Å². The first kappa shape index (κ1) is 17.0. The van der Waals surface area contributed by atoms with E-state index in [4.69, 9.17) is 9.26 Å². The van der Waals surface area contributed by atoms with Crippen LogP contribution in [0.3, 0.4) is 0 Å². The summed E-state index contributed by atoms with van der Waals surface area (Å²) in [7, 11) is 1.65. The lowest BCUT2D eigenvalue weighted by Crippen LogP contribution is -2.25. The van der Waals surface area contributed by atoms with Gasteiger partial charge < -0.3 is 19.9 Å². The predicted octanol–water partition coefficient (Wildman–Crippen LogP) is 3.06.